The Labute approximate surface area is 88.5 Å². The van der Waals surface area contributed by atoms with Gasteiger partial charge in [-0.2, -0.15) is 0 Å². The predicted octanol–water partition coefficient (Wildman–Crippen LogP) is 3.26. The number of benzene rings is 1. The van der Waals surface area contributed by atoms with Gasteiger partial charge in [-0.3, -0.25) is 0 Å². The zero-order valence-corrected chi connectivity index (χ0v) is 10.2. The van der Waals surface area contributed by atoms with E-state index in [4.69, 9.17) is 5.73 Å². The molecule has 0 heterocycles. The summed E-state index contributed by atoms with van der Waals surface area (Å²) in [5.41, 5.74) is 9.51. The molecule has 0 fully saturated rings. The van der Waals surface area contributed by atoms with E-state index < -0.39 is 0 Å². The zero-order valence-electron chi connectivity index (χ0n) is 8.61. The molecule has 2 N–H and O–H groups in total. The molecule has 2 heteroatoms. The molecule has 0 aliphatic rings. The lowest BCUT2D eigenvalue weighted by Crippen LogP contribution is -2.29. The molecule has 0 atom stereocenters. The number of rotatable bonds is 1. The second kappa shape index (κ2) is 3.43. The third-order valence-electron chi connectivity index (χ3n) is 2.28. The summed E-state index contributed by atoms with van der Waals surface area (Å²) in [7, 11) is 0. The molecular weight excluding hydrogens is 226 g/mol. The van der Waals surface area contributed by atoms with E-state index in [9.17, 15) is 0 Å². The van der Waals surface area contributed by atoms with Crippen molar-refractivity contribution in [2.24, 2.45) is 5.73 Å². The van der Waals surface area contributed by atoms with Gasteiger partial charge in [-0.25, -0.2) is 0 Å². The average Bonchev–Trinajstić information content (AvgIpc) is 1.94. The molecule has 0 aliphatic heterocycles. The highest BCUT2D eigenvalue weighted by atomic mass is 79.9. The summed E-state index contributed by atoms with van der Waals surface area (Å²) >= 11 is 3.54. The molecule has 1 nitrogen and oxygen atoms in total. The molecule has 0 aliphatic carbocycles. The lowest BCUT2D eigenvalue weighted by Gasteiger charge is -2.22. The van der Waals surface area contributed by atoms with E-state index >= 15 is 0 Å². The Morgan fingerprint density at radius 3 is 2.08 bits per heavy atom. The van der Waals surface area contributed by atoms with Crippen LogP contribution >= 0.6 is 15.9 Å². The fourth-order valence-electron chi connectivity index (χ4n) is 1.27. The minimum Gasteiger partial charge on any atom is -0.322 e. The molecule has 0 saturated carbocycles. The Hall–Kier alpha value is -0.340. The minimum atomic E-state index is -0.280. The maximum atomic E-state index is 6.05. The normalized spacial score (nSPS) is 11.8. The maximum absolute atomic E-state index is 6.05. The molecule has 0 unspecified atom stereocenters. The molecule has 1 rings (SSSR count). The molecular formula is C11H16BrN. The second-order valence-electron chi connectivity index (χ2n) is 4.14. The Balaban J connectivity index is 3.32. The highest BCUT2D eigenvalue weighted by Crippen LogP contribution is 2.28. The van der Waals surface area contributed by atoms with Crippen LogP contribution in [0.15, 0.2) is 16.6 Å². The van der Waals surface area contributed by atoms with Crippen LogP contribution < -0.4 is 5.73 Å². The van der Waals surface area contributed by atoms with E-state index in [1.54, 1.807) is 0 Å². The van der Waals surface area contributed by atoms with Gasteiger partial charge in [-0.15, -0.1) is 0 Å². The third-order valence-corrected chi connectivity index (χ3v) is 2.93. The van der Waals surface area contributed by atoms with Crippen LogP contribution in [-0.2, 0) is 5.54 Å². The van der Waals surface area contributed by atoms with E-state index in [2.05, 4.69) is 41.9 Å². The Morgan fingerprint density at radius 1 is 1.15 bits per heavy atom. The smallest absolute Gasteiger partial charge is 0.0363 e. The Bertz CT molecular complexity index is 324. The minimum absolute atomic E-state index is 0.280. The molecule has 13 heavy (non-hydrogen) atoms. The van der Waals surface area contributed by atoms with Crippen LogP contribution in [0.5, 0.6) is 0 Å². The van der Waals surface area contributed by atoms with Crippen LogP contribution in [0.1, 0.15) is 30.5 Å². The summed E-state index contributed by atoms with van der Waals surface area (Å²) in [6, 6.07) is 4.28. The van der Waals surface area contributed by atoms with Crippen LogP contribution in [-0.4, -0.2) is 0 Å². The topological polar surface area (TPSA) is 26.0 Å². The van der Waals surface area contributed by atoms with Crippen molar-refractivity contribution in [2.75, 3.05) is 0 Å². The van der Waals surface area contributed by atoms with Crippen molar-refractivity contribution >= 4 is 15.9 Å². The molecule has 1 aromatic rings. The lowest BCUT2D eigenvalue weighted by molar-refractivity contribution is 0.551. The fraction of sp³-hybridized carbons (Fsp3) is 0.455. The Morgan fingerprint density at radius 2 is 1.62 bits per heavy atom. The summed E-state index contributed by atoms with van der Waals surface area (Å²) in [5, 5.41) is 0. The van der Waals surface area contributed by atoms with E-state index in [-0.39, 0.29) is 5.54 Å². The quantitative estimate of drug-likeness (QED) is 0.803. The largest absolute Gasteiger partial charge is 0.322 e. The van der Waals surface area contributed by atoms with Crippen molar-refractivity contribution in [1.82, 2.24) is 0 Å². The summed E-state index contributed by atoms with van der Waals surface area (Å²) in [5.74, 6) is 0. The fourth-order valence-corrected chi connectivity index (χ4v) is 2.24. The van der Waals surface area contributed by atoms with Gasteiger partial charge in [0.2, 0.25) is 0 Å². The first kappa shape index (κ1) is 10.7. The van der Waals surface area contributed by atoms with Gasteiger partial charge in [0.25, 0.3) is 0 Å². The first-order chi connectivity index (χ1) is 5.82. The lowest BCUT2D eigenvalue weighted by atomic mass is 9.93. The van der Waals surface area contributed by atoms with Crippen molar-refractivity contribution in [1.29, 1.82) is 0 Å². The number of hydrogen-bond acceptors (Lipinski definition) is 1. The molecule has 0 saturated heterocycles. The van der Waals surface area contributed by atoms with Crippen molar-refractivity contribution in [3.05, 3.63) is 33.3 Å². The van der Waals surface area contributed by atoms with Gasteiger partial charge < -0.3 is 5.73 Å². The van der Waals surface area contributed by atoms with Gasteiger partial charge in [-0.05, 0) is 50.5 Å². The maximum Gasteiger partial charge on any atom is 0.0363 e. The number of halogens is 1. The van der Waals surface area contributed by atoms with Gasteiger partial charge >= 0.3 is 0 Å². The van der Waals surface area contributed by atoms with Crippen LogP contribution in [0.25, 0.3) is 0 Å². The van der Waals surface area contributed by atoms with Crippen LogP contribution in [0.4, 0.5) is 0 Å². The van der Waals surface area contributed by atoms with Crippen molar-refractivity contribution in [2.45, 2.75) is 33.2 Å². The number of hydrogen-bond donors (Lipinski definition) is 1. The van der Waals surface area contributed by atoms with E-state index in [0.29, 0.717) is 0 Å². The molecule has 0 bridgehead atoms. The van der Waals surface area contributed by atoms with Crippen molar-refractivity contribution in [3.8, 4) is 0 Å². The predicted molar refractivity (Wildman–Crippen MR) is 60.8 cm³/mol. The van der Waals surface area contributed by atoms with Crippen LogP contribution in [0.2, 0.25) is 0 Å². The van der Waals surface area contributed by atoms with Gasteiger partial charge in [0.05, 0.1) is 0 Å². The van der Waals surface area contributed by atoms with E-state index in [1.807, 2.05) is 13.8 Å². The molecule has 0 spiro atoms. The average molecular weight is 242 g/mol. The molecule has 0 amide bonds. The SMILES string of the molecule is Cc1cc(Br)c(C(C)(C)N)cc1C. The first-order valence-corrected chi connectivity index (χ1v) is 5.18. The van der Waals surface area contributed by atoms with Gasteiger partial charge in [-0.1, -0.05) is 22.0 Å². The van der Waals surface area contributed by atoms with Crippen LogP contribution in [0, 0.1) is 13.8 Å². The summed E-state index contributed by atoms with van der Waals surface area (Å²) < 4.78 is 1.10. The van der Waals surface area contributed by atoms with Crippen molar-refractivity contribution in [3.63, 3.8) is 0 Å². The van der Waals surface area contributed by atoms with Gasteiger partial charge in [0, 0.05) is 10.0 Å². The van der Waals surface area contributed by atoms with Gasteiger partial charge in [0.1, 0.15) is 0 Å². The number of nitrogens with two attached hydrogens (primary N) is 1. The first-order valence-electron chi connectivity index (χ1n) is 4.38. The van der Waals surface area contributed by atoms with Gasteiger partial charge in [0.15, 0.2) is 0 Å². The summed E-state index contributed by atoms with van der Waals surface area (Å²) in [6.45, 7) is 8.24. The third kappa shape index (κ3) is 2.32. The summed E-state index contributed by atoms with van der Waals surface area (Å²) in [6.07, 6.45) is 0. The van der Waals surface area contributed by atoms with E-state index in [0.717, 1.165) is 10.0 Å². The zero-order chi connectivity index (χ0) is 10.2. The Kier molecular flexibility index (Phi) is 2.83. The van der Waals surface area contributed by atoms with E-state index in [1.165, 1.54) is 11.1 Å². The monoisotopic (exact) mass is 241 g/mol. The number of aryl methyl sites for hydroxylation is 2. The van der Waals surface area contributed by atoms with Crippen LogP contribution in [0.3, 0.4) is 0 Å². The molecule has 0 radical (unpaired) electrons. The summed E-state index contributed by atoms with van der Waals surface area (Å²) in [4.78, 5) is 0. The highest BCUT2D eigenvalue weighted by molar-refractivity contribution is 9.10. The molecule has 1 aromatic carbocycles. The highest BCUT2D eigenvalue weighted by Gasteiger charge is 2.17. The van der Waals surface area contributed by atoms with Crippen molar-refractivity contribution < 1.29 is 0 Å². The molecule has 72 valence electrons. The standard InChI is InChI=1S/C11H16BrN/c1-7-5-9(11(3,4)13)10(12)6-8(7)2/h5-6H,13H2,1-4H3. The second-order valence-corrected chi connectivity index (χ2v) is 4.99. The molecule has 0 aromatic heterocycles.